The van der Waals surface area contributed by atoms with E-state index < -0.39 is 11.6 Å². The van der Waals surface area contributed by atoms with Gasteiger partial charge in [-0.15, -0.1) is 10.2 Å². The lowest BCUT2D eigenvalue weighted by molar-refractivity contribution is 0.405. The number of hydrogen-bond acceptors (Lipinski definition) is 3. The number of aromatic nitrogens is 2. The molecule has 0 N–H and O–H groups in total. The zero-order valence-electron chi connectivity index (χ0n) is 10.3. The van der Waals surface area contributed by atoms with Crippen molar-refractivity contribution in [2.75, 3.05) is 0 Å². The van der Waals surface area contributed by atoms with E-state index in [2.05, 4.69) is 26.1 Å². The number of nitrogens with zero attached hydrogens (tertiary/aromatic N) is 2. The Balaban J connectivity index is 2.13. The van der Waals surface area contributed by atoms with Crippen LogP contribution in [0.2, 0.25) is 5.15 Å². The van der Waals surface area contributed by atoms with Crippen molar-refractivity contribution in [1.82, 2.24) is 10.2 Å². The molecule has 0 amide bonds. The Kier molecular flexibility index (Phi) is 3.73. The lowest BCUT2D eigenvalue weighted by Gasteiger charge is -2.09. The number of halogens is 4. The van der Waals surface area contributed by atoms with E-state index in [1.165, 1.54) is 6.07 Å². The van der Waals surface area contributed by atoms with Crippen LogP contribution < -0.4 is 4.74 Å². The molecule has 0 aliphatic carbocycles. The standard InChI is InChI=1S/C14H6BrClF2N2O/c15-7-5-10(17)12(18)11(6-7)21-14-9-4-2-1-3-8(9)13(16)19-20-14/h1-6H. The smallest absolute Gasteiger partial charge is 0.247 e. The van der Waals surface area contributed by atoms with Crippen LogP contribution in [0.1, 0.15) is 0 Å². The van der Waals surface area contributed by atoms with Crippen LogP contribution in [0.4, 0.5) is 8.78 Å². The van der Waals surface area contributed by atoms with Crippen LogP contribution in [0.15, 0.2) is 40.9 Å². The Morgan fingerprint density at radius 1 is 1.05 bits per heavy atom. The van der Waals surface area contributed by atoms with Crippen molar-refractivity contribution < 1.29 is 13.5 Å². The molecule has 0 radical (unpaired) electrons. The van der Waals surface area contributed by atoms with Gasteiger partial charge in [0, 0.05) is 15.2 Å². The van der Waals surface area contributed by atoms with E-state index in [9.17, 15) is 8.78 Å². The minimum absolute atomic E-state index is 0.0476. The van der Waals surface area contributed by atoms with Crippen LogP contribution in [0.25, 0.3) is 10.8 Å². The maximum absolute atomic E-state index is 13.8. The molecule has 0 aliphatic heterocycles. The average Bonchev–Trinajstić information content (AvgIpc) is 2.47. The lowest BCUT2D eigenvalue weighted by Crippen LogP contribution is -1.97. The summed E-state index contributed by atoms with van der Waals surface area (Å²) in [6, 6.07) is 9.29. The van der Waals surface area contributed by atoms with Crippen molar-refractivity contribution in [2.24, 2.45) is 0 Å². The number of hydrogen-bond donors (Lipinski definition) is 0. The van der Waals surface area contributed by atoms with Crippen LogP contribution in [0.5, 0.6) is 11.6 Å². The summed E-state index contributed by atoms with van der Waals surface area (Å²) >= 11 is 9.02. The van der Waals surface area contributed by atoms with Crippen molar-refractivity contribution in [3.05, 3.63) is 57.7 Å². The maximum Gasteiger partial charge on any atom is 0.247 e. The van der Waals surface area contributed by atoms with E-state index in [-0.39, 0.29) is 16.8 Å². The minimum Gasteiger partial charge on any atom is -0.434 e. The highest BCUT2D eigenvalue weighted by Gasteiger charge is 2.15. The maximum atomic E-state index is 13.8. The van der Waals surface area contributed by atoms with E-state index in [4.69, 9.17) is 16.3 Å². The monoisotopic (exact) mass is 370 g/mol. The third-order valence-corrected chi connectivity index (χ3v) is 3.51. The summed E-state index contributed by atoms with van der Waals surface area (Å²) in [7, 11) is 0. The molecule has 3 rings (SSSR count). The molecule has 7 heteroatoms. The van der Waals surface area contributed by atoms with Crippen LogP contribution in [0, 0.1) is 11.6 Å². The summed E-state index contributed by atoms with van der Waals surface area (Å²) in [6.07, 6.45) is 0. The third kappa shape index (κ3) is 2.69. The highest BCUT2D eigenvalue weighted by Crippen LogP contribution is 2.33. The molecule has 0 atom stereocenters. The first-order chi connectivity index (χ1) is 10.1. The summed E-state index contributed by atoms with van der Waals surface area (Å²) in [4.78, 5) is 0. The van der Waals surface area contributed by atoms with Crippen LogP contribution in [-0.2, 0) is 0 Å². The van der Waals surface area contributed by atoms with Gasteiger partial charge in [0.05, 0.1) is 0 Å². The molecule has 0 saturated heterocycles. The predicted octanol–water partition coefficient (Wildman–Crippen LogP) is 5.12. The van der Waals surface area contributed by atoms with Crippen molar-refractivity contribution >= 4 is 38.3 Å². The quantitative estimate of drug-likeness (QED) is 0.587. The molecular weight excluding hydrogens is 366 g/mol. The first kappa shape index (κ1) is 14.2. The van der Waals surface area contributed by atoms with Crippen molar-refractivity contribution in [3.8, 4) is 11.6 Å². The largest absolute Gasteiger partial charge is 0.434 e. The Hall–Kier alpha value is -1.79. The average molecular weight is 372 g/mol. The lowest BCUT2D eigenvalue weighted by atomic mass is 10.2. The Morgan fingerprint density at radius 3 is 2.52 bits per heavy atom. The summed E-state index contributed by atoms with van der Waals surface area (Å²) in [5, 5.41) is 8.91. The van der Waals surface area contributed by atoms with Crippen LogP contribution in [-0.4, -0.2) is 10.2 Å². The first-order valence-electron chi connectivity index (χ1n) is 5.79. The Bertz CT molecular complexity index is 845. The van der Waals surface area contributed by atoms with Gasteiger partial charge < -0.3 is 4.74 Å². The SMILES string of the molecule is Fc1cc(Br)cc(Oc2nnc(Cl)c3ccccc23)c1F. The molecule has 3 aromatic rings. The molecule has 0 saturated carbocycles. The van der Waals surface area contributed by atoms with Gasteiger partial charge >= 0.3 is 0 Å². The van der Waals surface area contributed by atoms with E-state index >= 15 is 0 Å². The summed E-state index contributed by atoms with van der Waals surface area (Å²) in [6.45, 7) is 0. The summed E-state index contributed by atoms with van der Waals surface area (Å²) < 4.78 is 32.8. The third-order valence-electron chi connectivity index (χ3n) is 2.77. The number of fused-ring (bicyclic) bond motifs is 1. The molecule has 0 fully saturated rings. The topological polar surface area (TPSA) is 35.0 Å². The van der Waals surface area contributed by atoms with E-state index in [0.717, 1.165) is 6.07 Å². The van der Waals surface area contributed by atoms with Crippen molar-refractivity contribution in [1.29, 1.82) is 0 Å². The van der Waals surface area contributed by atoms with Gasteiger partial charge in [0.25, 0.3) is 0 Å². The zero-order valence-corrected chi connectivity index (χ0v) is 12.6. The van der Waals surface area contributed by atoms with E-state index in [1.807, 2.05) is 0 Å². The fourth-order valence-electron chi connectivity index (χ4n) is 1.83. The fraction of sp³-hybridized carbons (Fsp3) is 0. The van der Waals surface area contributed by atoms with Gasteiger partial charge in [-0.3, -0.25) is 0 Å². The van der Waals surface area contributed by atoms with Crippen LogP contribution >= 0.6 is 27.5 Å². The highest BCUT2D eigenvalue weighted by atomic mass is 79.9. The van der Waals surface area contributed by atoms with Crippen LogP contribution in [0.3, 0.4) is 0 Å². The Morgan fingerprint density at radius 2 is 1.76 bits per heavy atom. The predicted molar refractivity (Wildman–Crippen MR) is 78.7 cm³/mol. The van der Waals surface area contributed by atoms with Crippen molar-refractivity contribution in [3.63, 3.8) is 0 Å². The zero-order chi connectivity index (χ0) is 15.0. The highest BCUT2D eigenvalue weighted by molar-refractivity contribution is 9.10. The molecule has 1 aromatic heterocycles. The van der Waals surface area contributed by atoms with Gasteiger partial charge in [0.1, 0.15) is 0 Å². The van der Waals surface area contributed by atoms with Gasteiger partial charge in [0.2, 0.25) is 11.7 Å². The molecule has 21 heavy (non-hydrogen) atoms. The second-order valence-corrected chi connectivity index (χ2v) is 5.42. The summed E-state index contributed by atoms with van der Waals surface area (Å²) in [5.41, 5.74) is 0. The molecule has 2 aromatic carbocycles. The van der Waals surface area contributed by atoms with Crippen molar-refractivity contribution in [2.45, 2.75) is 0 Å². The molecule has 106 valence electrons. The molecule has 0 unspecified atom stereocenters. The normalized spacial score (nSPS) is 10.9. The second-order valence-electron chi connectivity index (χ2n) is 4.14. The summed E-state index contributed by atoms with van der Waals surface area (Å²) in [5.74, 6) is -2.36. The molecular formula is C14H6BrClF2N2O. The van der Waals surface area contributed by atoms with E-state index in [1.54, 1.807) is 24.3 Å². The number of ether oxygens (including phenoxy) is 1. The van der Waals surface area contributed by atoms with Gasteiger partial charge in [0.15, 0.2) is 16.7 Å². The number of rotatable bonds is 2. The van der Waals surface area contributed by atoms with Gasteiger partial charge in [-0.25, -0.2) is 4.39 Å². The minimum atomic E-state index is -1.10. The fourth-order valence-corrected chi connectivity index (χ4v) is 2.44. The molecule has 3 nitrogen and oxygen atoms in total. The molecule has 1 heterocycles. The molecule has 0 bridgehead atoms. The first-order valence-corrected chi connectivity index (χ1v) is 6.96. The van der Waals surface area contributed by atoms with Gasteiger partial charge in [-0.1, -0.05) is 45.7 Å². The van der Waals surface area contributed by atoms with Gasteiger partial charge in [-0.05, 0) is 18.2 Å². The van der Waals surface area contributed by atoms with Gasteiger partial charge in [-0.2, -0.15) is 4.39 Å². The Labute approximate surface area is 131 Å². The molecule has 0 aliphatic rings. The van der Waals surface area contributed by atoms with E-state index in [0.29, 0.717) is 15.2 Å². The molecule has 0 spiro atoms. The number of benzene rings is 2. The second kappa shape index (κ2) is 5.54.